The Balaban J connectivity index is 1.88. The lowest BCUT2D eigenvalue weighted by molar-refractivity contribution is 0.475. The minimum Gasteiger partial charge on any atom is -0.508 e. The molecule has 2 rings (SSSR count). The Hall–Kier alpha value is -1.74. The van der Waals surface area contributed by atoms with Crippen molar-refractivity contribution in [1.29, 1.82) is 0 Å². The molecular weight excluding hydrogens is 236 g/mol. The van der Waals surface area contributed by atoms with Crippen LogP contribution >= 0.6 is 11.6 Å². The molecule has 2 N–H and O–H groups in total. The van der Waals surface area contributed by atoms with Crippen molar-refractivity contribution in [2.45, 2.75) is 6.42 Å². The normalized spacial score (nSPS) is 10.2. The molecule has 0 aliphatic rings. The van der Waals surface area contributed by atoms with Crippen LogP contribution in [0.3, 0.4) is 0 Å². The number of pyridine rings is 1. The van der Waals surface area contributed by atoms with Crippen LogP contribution in [0.2, 0.25) is 5.02 Å². The van der Waals surface area contributed by atoms with Gasteiger partial charge < -0.3 is 10.4 Å². The molecule has 0 radical (unpaired) electrons. The highest BCUT2D eigenvalue weighted by molar-refractivity contribution is 6.32. The third-order valence-electron chi connectivity index (χ3n) is 2.40. The Morgan fingerprint density at radius 3 is 2.65 bits per heavy atom. The Bertz CT molecular complexity index is 485. The molecule has 0 unspecified atom stereocenters. The van der Waals surface area contributed by atoms with Crippen molar-refractivity contribution in [3.8, 4) is 5.75 Å². The van der Waals surface area contributed by atoms with Gasteiger partial charge in [-0.05, 0) is 36.2 Å². The molecule has 0 saturated heterocycles. The van der Waals surface area contributed by atoms with Gasteiger partial charge in [0.2, 0.25) is 0 Å². The number of phenols is 1. The van der Waals surface area contributed by atoms with Crippen LogP contribution in [-0.4, -0.2) is 16.6 Å². The Morgan fingerprint density at radius 1 is 1.18 bits per heavy atom. The van der Waals surface area contributed by atoms with E-state index in [0.717, 1.165) is 18.5 Å². The summed E-state index contributed by atoms with van der Waals surface area (Å²) < 4.78 is 0. The number of aromatic hydroxyl groups is 1. The lowest BCUT2D eigenvalue weighted by Crippen LogP contribution is -2.06. The lowest BCUT2D eigenvalue weighted by Gasteiger charge is -2.06. The highest BCUT2D eigenvalue weighted by atomic mass is 35.5. The standard InChI is InChI=1S/C13H13ClN2O/c14-12-2-1-8-15-13(12)16-9-7-10-3-5-11(17)6-4-10/h1-6,8,17H,7,9H2,(H,15,16). The molecule has 0 spiro atoms. The summed E-state index contributed by atoms with van der Waals surface area (Å²) in [6.07, 6.45) is 2.56. The van der Waals surface area contributed by atoms with Gasteiger partial charge in [-0.15, -0.1) is 0 Å². The molecule has 2 aromatic rings. The predicted octanol–water partition coefficient (Wildman–Crippen LogP) is 3.10. The summed E-state index contributed by atoms with van der Waals surface area (Å²) in [6.45, 7) is 0.751. The number of halogens is 1. The van der Waals surface area contributed by atoms with Crippen molar-refractivity contribution in [1.82, 2.24) is 4.98 Å². The number of aromatic nitrogens is 1. The van der Waals surface area contributed by atoms with Gasteiger partial charge in [-0.2, -0.15) is 0 Å². The highest BCUT2D eigenvalue weighted by Gasteiger charge is 1.99. The minimum atomic E-state index is 0.287. The maximum Gasteiger partial charge on any atom is 0.144 e. The first-order chi connectivity index (χ1) is 8.25. The predicted molar refractivity (Wildman–Crippen MR) is 69.5 cm³/mol. The average molecular weight is 249 g/mol. The van der Waals surface area contributed by atoms with Gasteiger partial charge in [0.1, 0.15) is 11.6 Å². The summed E-state index contributed by atoms with van der Waals surface area (Å²) in [4.78, 5) is 4.14. The van der Waals surface area contributed by atoms with Crippen molar-refractivity contribution in [3.05, 3.63) is 53.2 Å². The zero-order valence-electron chi connectivity index (χ0n) is 9.23. The van der Waals surface area contributed by atoms with E-state index in [2.05, 4.69) is 10.3 Å². The molecule has 1 aromatic heterocycles. The summed E-state index contributed by atoms with van der Waals surface area (Å²) >= 11 is 5.97. The molecule has 0 aliphatic heterocycles. The van der Waals surface area contributed by atoms with Gasteiger partial charge in [0.25, 0.3) is 0 Å². The van der Waals surface area contributed by atoms with E-state index >= 15 is 0 Å². The van der Waals surface area contributed by atoms with Crippen molar-refractivity contribution in [2.75, 3.05) is 11.9 Å². The van der Waals surface area contributed by atoms with Gasteiger partial charge in [-0.1, -0.05) is 23.7 Å². The van der Waals surface area contributed by atoms with Crippen molar-refractivity contribution in [2.24, 2.45) is 0 Å². The molecule has 0 fully saturated rings. The smallest absolute Gasteiger partial charge is 0.144 e. The van der Waals surface area contributed by atoms with E-state index in [-0.39, 0.29) is 5.75 Å². The average Bonchev–Trinajstić information content (AvgIpc) is 2.34. The number of phenolic OH excluding ortho intramolecular Hbond substituents is 1. The molecule has 1 heterocycles. The van der Waals surface area contributed by atoms with Gasteiger partial charge in [-0.25, -0.2) is 4.98 Å². The number of hydrogen-bond donors (Lipinski definition) is 2. The van der Waals surface area contributed by atoms with Crippen molar-refractivity contribution < 1.29 is 5.11 Å². The number of hydrogen-bond acceptors (Lipinski definition) is 3. The molecule has 1 aromatic carbocycles. The minimum absolute atomic E-state index is 0.287. The fourth-order valence-electron chi connectivity index (χ4n) is 1.50. The SMILES string of the molecule is Oc1ccc(CCNc2ncccc2Cl)cc1. The Morgan fingerprint density at radius 2 is 1.94 bits per heavy atom. The van der Waals surface area contributed by atoms with Gasteiger partial charge >= 0.3 is 0 Å². The maximum atomic E-state index is 9.15. The van der Waals surface area contributed by atoms with Crippen LogP contribution in [0.4, 0.5) is 5.82 Å². The first-order valence-electron chi connectivity index (χ1n) is 5.38. The second-order valence-corrected chi connectivity index (χ2v) is 4.08. The van der Waals surface area contributed by atoms with E-state index in [9.17, 15) is 0 Å². The highest BCUT2D eigenvalue weighted by Crippen LogP contribution is 2.17. The molecule has 88 valence electrons. The third kappa shape index (κ3) is 3.36. The summed E-state index contributed by atoms with van der Waals surface area (Å²) in [7, 11) is 0. The van der Waals surface area contributed by atoms with Crippen LogP contribution in [-0.2, 0) is 6.42 Å². The largest absolute Gasteiger partial charge is 0.508 e. The second-order valence-electron chi connectivity index (χ2n) is 3.68. The number of anilines is 1. The van der Waals surface area contributed by atoms with Crippen LogP contribution in [0.15, 0.2) is 42.6 Å². The molecule has 3 nitrogen and oxygen atoms in total. The fourth-order valence-corrected chi connectivity index (χ4v) is 1.69. The molecule has 4 heteroatoms. The Labute approximate surface area is 105 Å². The molecular formula is C13H13ClN2O. The topological polar surface area (TPSA) is 45.1 Å². The molecule has 0 amide bonds. The fraction of sp³-hybridized carbons (Fsp3) is 0.154. The van der Waals surface area contributed by atoms with E-state index < -0.39 is 0 Å². The zero-order valence-corrected chi connectivity index (χ0v) is 9.98. The van der Waals surface area contributed by atoms with Crippen molar-refractivity contribution in [3.63, 3.8) is 0 Å². The number of nitrogens with zero attached hydrogens (tertiary/aromatic N) is 1. The van der Waals surface area contributed by atoms with Crippen LogP contribution in [0.1, 0.15) is 5.56 Å². The van der Waals surface area contributed by atoms with Crippen LogP contribution in [0, 0.1) is 0 Å². The zero-order chi connectivity index (χ0) is 12.1. The summed E-state index contributed by atoms with van der Waals surface area (Å²) in [5.41, 5.74) is 1.15. The third-order valence-corrected chi connectivity index (χ3v) is 2.71. The van der Waals surface area contributed by atoms with E-state index in [1.807, 2.05) is 12.1 Å². The monoisotopic (exact) mass is 248 g/mol. The van der Waals surface area contributed by atoms with E-state index in [1.165, 1.54) is 0 Å². The first kappa shape index (κ1) is 11.7. The molecule has 0 atom stereocenters. The van der Waals surface area contributed by atoms with Crippen molar-refractivity contribution >= 4 is 17.4 Å². The van der Waals surface area contributed by atoms with Gasteiger partial charge in [-0.3, -0.25) is 0 Å². The van der Waals surface area contributed by atoms with Crippen LogP contribution < -0.4 is 5.32 Å². The number of rotatable bonds is 4. The van der Waals surface area contributed by atoms with E-state index in [1.54, 1.807) is 30.5 Å². The summed E-state index contributed by atoms with van der Waals surface area (Å²) in [6, 6.07) is 10.8. The molecule has 0 aliphatic carbocycles. The number of nitrogens with one attached hydrogen (secondary N) is 1. The molecule has 17 heavy (non-hydrogen) atoms. The van der Waals surface area contributed by atoms with E-state index in [0.29, 0.717) is 10.8 Å². The summed E-state index contributed by atoms with van der Waals surface area (Å²) in [5, 5.41) is 12.9. The number of benzene rings is 1. The maximum absolute atomic E-state index is 9.15. The first-order valence-corrected chi connectivity index (χ1v) is 5.76. The van der Waals surface area contributed by atoms with Crippen LogP contribution in [0.5, 0.6) is 5.75 Å². The summed E-state index contributed by atoms with van der Waals surface area (Å²) in [5.74, 6) is 0.988. The second kappa shape index (κ2) is 5.55. The lowest BCUT2D eigenvalue weighted by atomic mass is 10.1. The van der Waals surface area contributed by atoms with E-state index in [4.69, 9.17) is 16.7 Å². The van der Waals surface area contributed by atoms with Gasteiger partial charge in [0.15, 0.2) is 0 Å². The quantitative estimate of drug-likeness (QED) is 0.874. The van der Waals surface area contributed by atoms with Crippen LogP contribution in [0.25, 0.3) is 0 Å². The molecule has 0 saturated carbocycles. The van der Waals surface area contributed by atoms with Gasteiger partial charge in [0.05, 0.1) is 5.02 Å². The Kier molecular flexibility index (Phi) is 3.83. The van der Waals surface area contributed by atoms with Gasteiger partial charge in [0, 0.05) is 12.7 Å². The molecule has 0 bridgehead atoms.